The quantitative estimate of drug-likeness (QED) is 0.868. The number of carbonyl (C=O) groups excluding carboxylic acids is 1. The Balaban J connectivity index is 1.43. The van der Waals surface area contributed by atoms with Crippen molar-refractivity contribution < 1.29 is 4.79 Å². The SMILES string of the molecule is CC(CNC(=O)CC1CC2CCC1C2)c1ccccc1. The Morgan fingerprint density at radius 3 is 2.70 bits per heavy atom. The summed E-state index contributed by atoms with van der Waals surface area (Å²) in [5, 5.41) is 3.13. The van der Waals surface area contributed by atoms with Gasteiger partial charge in [0.2, 0.25) is 5.91 Å². The van der Waals surface area contributed by atoms with Crippen LogP contribution in [0.1, 0.15) is 50.5 Å². The fourth-order valence-electron chi connectivity index (χ4n) is 4.10. The van der Waals surface area contributed by atoms with Crippen LogP contribution in [0.2, 0.25) is 0 Å². The summed E-state index contributed by atoms with van der Waals surface area (Å²) in [4.78, 5) is 12.1. The molecule has 2 aliphatic rings. The molecule has 20 heavy (non-hydrogen) atoms. The highest BCUT2D eigenvalue weighted by Gasteiger charge is 2.39. The molecule has 4 unspecified atom stereocenters. The molecule has 2 bridgehead atoms. The van der Waals surface area contributed by atoms with E-state index in [1.165, 1.54) is 31.2 Å². The minimum absolute atomic E-state index is 0.255. The number of hydrogen-bond acceptors (Lipinski definition) is 1. The third kappa shape index (κ3) is 3.05. The largest absolute Gasteiger partial charge is 0.355 e. The lowest BCUT2D eigenvalue weighted by molar-refractivity contribution is -0.122. The van der Waals surface area contributed by atoms with Gasteiger partial charge in [-0.2, -0.15) is 0 Å². The molecular formula is C18H25NO. The maximum Gasteiger partial charge on any atom is 0.220 e. The van der Waals surface area contributed by atoms with Crippen molar-refractivity contribution in [3.8, 4) is 0 Å². The second-order valence-corrected chi connectivity index (χ2v) is 6.75. The highest BCUT2D eigenvalue weighted by molar-refractivity contribution is 5.76. The zero-order chi connectivity index (χ0) is 13.9. The van der Waals surface area contributed by atoms with Crippen LogP contribution in [0.25, 0.3) is 0 Å². The summed E-state index contributed by atoms with van der Waals surface area (Å²) in [5.41, 5.74) is 1.30. The molecule has 2 saturated carbocycles. The molecule has 2 fully saturated rings. The van der Waals surface area contributed by atoms with Gasteiger partial charge in [-0.3, -0.25) is 4.79 Å². The van der Waals surface area contributed by atoms with E-state index in [-0.39, 0.29) is 5.91 Å². The van der Waals surface area contributed by atoms with Gasteiger partial charge in [-0.1, -0.05) is 43.7 Å². The van der Waals surface area contributed by atoms with Crippen molar-refractivity contribution in [2.75, 3.05) is 6.54 Å². The standard InChI is InChI=1S/C18H25NO/c1-13(15-5-3-2-4-6-15)12-19-18(20)11-17-10-14-7-8-16(17)9-14/h2-6,13-14,16-17H,7-12H2,1H3,(H,19,20). The molecule has 0 saturated heterocycles. The molecule has 0 heterocycles. The Bertz CT molecular complexity index is 456. The summed E-state index contributed by atoms with van der Waals surface area (Å²) >= 11 is 0. The fraction of sp³-hybridized carbons (Fsp3) is 0.611. The summed E-state index contributed by atoms with van der Waals surface area (Å²) in [5.74, 6) is 3.09. The number of rotatable bonds is 5. The summed E-state index contributed by atoms with van der Waals surface area (Å²) in [6.45, 7) is 2.93. The molecule has 2 aliphatic carbocycles. The summed E-state index contributed by atoms with van der Waals surface area (Å²) in [7, 11) is 0. The van der Waals surface area contributed by atoms with Crippen LogP contribution in [0.4, 0.5) is 0 Å². The van der Waals surface area contributed by atoms with E-state index in [9.17, 15) is 4.79 Å². The molecule has 4 atom stereocenters. The Morgan fingerprint density at radius 2 is 2.05 bits per heavy atom. The predicted molar refractivity (Wildman–Crippen MR) is 81.4 cm³/mol. The van der Waals surface area contributed by atoms with Crippen molar-refractivity contribution in [2.24, 2.45) is 17.8 Å². The van der Waals surface area contributed by atoms with E-state index >= 15 is 0 Å². The Hall–Kier alpha value is -1.31. The van der Waals surface area contributed by atoms with Crippen LogP contribution < -0.4 is 5.32 Å². The van der Waals surface area contributed by atoms with Crippen molar-refractivity contribution >= 4 is 5.91 Å². The first-order valence-electron chi connectivity index (χ1n) is 8.04. The van der Waals surface area contributed by atoms with Gasteiger partial charge in [0.1, 0.15) is 0 Å². The van der Waals surface area contributed by atoms with Crippen molar-refractivity contribution in [3.05, 3.63) is 35.9 Å². The zero-order valence-electron chi connectivity index (χ0n) is 12.3. The van der Waals surface area contributed by atoms with E-state index in [1.807, 2.05) is 6.07 Å². The second-order valence-electron chi connectivity index (χ2n) is 6.75. The van der Waals surface area contributed by atoms with E-state index in [1.54, 1.807) is 0 Å². The molecule has 0 radical (unpaired) electrons. The molecule has 1 N–H and O–H groups in total. The van der Waals surface area contributed by atoms with Crippen LogP contribution in [0, 0.1) is 17.8 Å². The highest BCUT2D eigenvalue weighted by atomic mass is 16.1. The van der Waals surface area contributed by atoms with Crippen LogP contribution >= 0.6 is 0 Å². The summed E-state index contributed by atoms with van der Waals surface area (Å²) in [6, 6.07) is 10.4. The van der Waals surface area contributed by atoms with Crippen molar-refractivity contribution in [3.63, 3.8) is 0 Å². The van der Waals surface area contributed by atoms with E-state index in [0.29, 0.717) is 11.8 Å². The number of carbonyl (C=O) groups is 1. The molecule has 0 spiro atoms. The predicted octanol–water partition coefficient (Wildman–Crippen LogP) is 3.73. The smallest absolute Gasteiger partial charge is 0.220 e. The maximum atomic E-state index is 12.1. The topological polar surface area (TPSA) is 29.1 Å². The van der Waals surface area contributed by atoms with Crippen LogP contribution in [-0.2, 0) is 4.79 Å². The first-order chi connectivity index (χ1) is 9.72. The molecule has 2 heteroatoms. The molecular weight excluding hydrogens is 246 g/mol. The highest BCUT2D eigenvalue weighted by Crippen LogP contribution is 2.49. The van der Waals surface area contributed by atoms with Gasteiger partial charge >= 0.3 is 0 Å². The third-order valence-corrected chi connectivity index (χ3v) is 5.31. The third-order valence-electron chi connectivity index (χ3n) is 5.31. The molecule has 3 rings (SSSR count). The molecule has 0 aromatic heterocycles. The number of benzene rings is 1. The van der Waals surface area contributed by atoms with Crippen LogP contribution in [0.3, 0.4) is 0 Å². The minimum atomic E-state index is 0.255. The lowest BCUT2D eigenvalue weighted by Crippen LogP contribution is -2.30. The number of amides is 1. The fourth-order valence-corrected chi connectivity index (χ4v) is 4.10. The molecule has 0 aliphatic heterocycles. The van der Waals surface area contributed by atoms with Gasteiger partial charge in [-0.05, 0) is 48.5 Å². The molecule has 1 amide bonds. The minimum Gasteiger partial charge on any atom is -0.355 e. The van der Waals surface area contributed by atoms with Gasteiger partial charge in [0.15, 0.2) is 0 Å². The van der Waals surface area contributed by atoms with E-state index < -0.39 is 0 Å². The lowest BCUT2D eigenvalue weighted by Gasteiger charge is -2.21. The van der Waals surface area contributed by atoms with Crippen molar-refractivity contribution in [2.45, 2.75) is 44.9 Å². The van der Waals surface area contributed by atoms with Gasteiger partial charge < -0.3 is 5.32 Å². The Kier molecular flexibility index (Phi) is 4.09. The average molecular weight is 271 g/mol. The monoisotopic (exact) mass is 271 g/mol. The number of hydrogen-bond donors (Lipinski definition) is 1. The molecule has 108 valence electrons. The van der Waals surface area contributed by atoms with Crippen LogP contribution in [-0.4, -0.2) is 12.5 Å². The Morgan fingerprint density at radius 1 is 1.25 bits per heavy atom. The Labute approximate surface area is 122 Å². The van der Waals surface area contributed by atoms with Gasteiger partial charge in [-0.15, -0.1) is 0 Å². The van der Waals surface area contributed by atoms with Gasteiger partial charge in [0.05, 0.1) is 0 Å². The molecule has 1 aromatic rings. The lowest BCUT2D eigenvalue weighted by atomic mass is 9.86. The average Bonchev–Trinajstić information content (AvgIpc) is 3.08. The van der Waals surface area contributed by atoms with Gasteiger partial charge in [0.25, 0.3) is 0 Å². The van der Waals surface area contributed by atoms with Gasteiger partial charge in [-0.25, -0.2) is 0 Å². The normalized spacial score (nSPS) is 29.4. The van der Waals surface area contributed by atoms with Gasteiger partial charge in [0, 0.05) is 13.0 Å². The van der Waals surface area contributed by atoms with Crippen molar-refractivity contribution in [1.29, 1.82) is 0 Å². The van der Waals surface area contributed by atoms with E-state index in [4.69, 9.17) is 0 Å². The van der Waals surface area contributed by atoms with Crippen LogP contribution in [0.15, 0.2) is 30.3 Å². The second kappa shape index (κ2) is 5.99. The zero-order valence-corrected chi connectivity index (χ0v) is 12.3. The molecule has 2 nitrogen and oxygen atoms in total. The maximum absolute atomic E-state index is 12.1. The van der Waals surface area contributed by atoms with Crippen molar-refractivity contribution in [1.82, 2.24) is 5.32 Å². The first-order valence-corrected chi connectivity index (χ1v) is 8.04. The summed E-state index contributed by atoms with van der Waals surface area (Å²) < 4.78 is 0. The first kappa shape index (κ1) is 13.7. The molecule has 1 aromatic carbocycles. The van der Waals surface area contributed by atoms with E-state index in [0.717, 1.165) is 24.8 Å². The summed E-state index contributed by atoms with van der Waals surface area (Å²) in [6.07, 6.45) is 6.21. The van der Waals surface area contributed by atoms with Crippen LogP contribution in [0.5, 0.6) is 0 Å². The number of nitrogens with one attached hydrogen (secondary N) is 1. The van der Waals surface area contributed by atoms with E-state index in [2.05, 4.69) is 36.5 Å². The number of fused-ring (bicyclic) bond motifs is 2.